The highest BCUT2D eigenvalue weighted by Crippen LogP contribution is 2.30. The molecule has 0 aliphatic carbocycles. The van der Waals surface area contributed by atoms with Crippen molar-refractivity contribution in [2.45, 2.75) is 13.0 Å². The first kappa shape index (κ1) is 13.7. The topological polar surface area (TPSA) is 60.4 Å². The number of aryl methyl sites for hydroxylation is 1. The summed E-state index contributed by atoms with van der Waals surface area (Å²) in [6, 6.07) is 15.7. The largest absolute Gasteiger partial charge is 0.497 e. The molecular formula is C17H18N2O2. The summed E-state index contributed by atoms with van der Waals surface area (Å²) >= 11 is 0. The van der Waals surface area contributed by atoms with Gasteiger partial charge in [-0.2, -0.15) is 0 Å². The van der Waals surface area contributed by atoms with Crippen LogP contribution in [0.3, 0.4) is 0 Å². The molecule has 108 valence electrons. The highest BCUT2D eigenvalue weighted by Gasteiger charge is 2.18. The number of nitrogens with two attached hydrogens (primary N) is 1. The van der Waals surface area contributed by atoms with Gasteiger partial charge in [-0.15, -0.1) is 0 Å². The van der Waals surface area contributed by atoms with Crippen molar-refractivity contribution in [2.75, 3.05) is 7.11 Å². The molecule has 4 nitrogen and oxygen atoms in total. The van der Waals surface area contributed by atoms with Crippen molar-refractivity contribution in [3.8, 4) is 5.75 Å². The summed E-state index contributed by atoms with van der Waals surface area (Å²) < 4.78 is 11.3. The molecule has 1 unspecified atom stereocenters. The zero-order chi connectivity index (χ0) is 14.8. The standard InChI is InChI=1S/C17H18N2O2/c1-11-5-3-7-13-10-15(21-17(11)13)16(19-18)12-6-4-8-14(9-12)20-2/h3-10,16,19H,18H2,1-2H3. The maximum Gasteiger partial charge on any atom is 0.137 e. The van der Waals surface area contributed by atoms with E-state index in [1.165, 1.54) is 0 Å². The third-order valence-electron chi connectivity index (χ3n) is 3.64. The van der Waals surface area contributed by atoms with E-state index in [0.29, 0.717) is 0 Å². The first-order chi connectivity index (χ1) is 10.2. The van der Waals surface area contributed by atoms with E-state index in [9.17, 15) is 0 Å². The Morgan fingerprint density at radius 1 is 1.14 bits per heavy atom. The number of para-hydroxylation sites is 1. The van der Waals surface area contributed by atoms with Gasteiger partial charge in [-0.3, -0.25) is 5.84 Å². The van der Waals surface area contributed by atoms with E-state index in [2.05, 4.69) is 5.43 Å². The highest BCUT2D eigenvalue weighted by molar-refractivity contribution is 5.81. The second-order valence-electron chi connectivity index (χ2n) is 5.02. The number of methoxy groups -OCH3 is 1. The predicted octanol–water partition coefficient (Wildman–Crippen LogP) is 3.30. The normalized spacial score (nSPS) is 12.5. The summed E-state index contributed by atoms with van der Waals surface area (Å²) in [4.78, 5) is 0. The number of furan rings is 1. The van der Waals surface area contributed by atoms with Crippen LogP contribution >= 0.6 is 0 Å². The van der Waals surface area contributed by atoms with Crippen LogP contribution in [0.4, 0.5) is 0 Å². The van der Waals surface area contributed by atoms with Crippen LogP contribution < -0.4 is 16.0 Å². The SMILES string of the molecule is COc1cccc(C(NN)c2cc3cccc(C)c3o2)c1. The number of nitrogens with one attached hydrogen (secondary N) is 1. The minimum absolute atomic E-state index is 0.216. The van der Waals surface area contributed by atoms with E-state index in [4.69, 9.17) is 15.0 Å². The van der Waals surface area contributed by atoms with E-state index in [1.807, 2.05) is 55.5 Å². The summed E-state index contributed by atoms with van der Waals surface area (Å²) in [6.07, 6.45) is 0. The Morgan fingerprint density at radius 2 is 1.95 bits per heavy atom. The summed E-state index contributed by atoms with van der Waals surface area (Å²) in [5.74, 6) is 7.32. The van der Waals surface area contributed by atoms with Gasteiger partial charge in [0.1, 0.15) is 23.1 Å². The Bertz CT molecular complexity index is 764. The minimum Gasteiger partial charge on any atom is -0.497 e. The number of rotatable bonds is 4. The van der Waals surface area contributed by atoms with Gasteiger partial charge >= 0.3 is 0 Å². The van der Waals surface area contributed by atoms with Crippen LogP contribution in [-0.4, -0.2) is 7.11 Å². The van der Waals surface area contributed by atoms with E-state index >= 15 is 0 Å². The Labute approximate surface area is 123 Å². The van der Waals surface area contributed by atoms with Gasteiger partial charge in [0.15, 0.2) is 0 Å². The molecule has 1 heterocycles. The van der Waals surface area contributed by atoms with Crippen LogP contribution in [-0.2, 0) is 0 Å². The van der Waals surface area contributed by atoms with Crippen molar-refractivity contribution in [3.05, 3.63) is 65.4 Å². The van der Waals surface area contributed by atoms with Crippen LogP contribution in [0.2, 0.25) is 0 Å². The van der Waals surface area contributed by atoms with Crippen LogP contribution in [0.25, 0.3) is 11.0 Å². The van der Waals surface area contributed by atoms with Crippen molar-refractivity contribution in [3.63, 3.8) is 0 Å². The summed E-state index contributed by atoms with van der Waals surface area (Å²) in [5.41, 5.74) is 5.82. The number of benzene rings is 2. The predicted molar refractivity (Wildman–Crippen MR) is 83.1 cm³/mol. The van der Waals surface area contributed by atoms with Crippen LogP contribution in [0, 0.1) is 6.92 Å². The molecule has 0 radical (unpaired) electrons. The Balaban J connectivity index is 2.07. The summed E-state index contributed by atoms with van der Waals surface area (Å²) in [7, 11) is 1.65. The average Bonchev–Trinajstić information content (AvgIpc) is 2.93. The fourth-order valence-corrected chi connectivity index (χ4v) is 2.53. The van der Waals surface area contributed by atoms with E-state index in [1.54, 1.807) is 7.11 Å². The molecule has 2 aromatic carbocycles. The second kappa shape index (κ2) is 5.60. The molecule has 0 aliphatic heterocycles. The van der Waals surface area contributed by atoms with Gasteiger partial charge in [0.05, 0.1) is 7.11 Å². The first-order valence-electron chi connectivity index (χ1n) is 6.82. The molecule has 0 fully saturated rings. The molecule has 0 aliphatic rings. The third kappa shape index (κ3) is 2.51. The molecule has 0 saturated heterocycles. The van der Waals surface area contributed by atoms with Crippen LogP contribution in [0.1, 0.15) is 22.9 Å². The fraction of sp³-hybridized carbons (Fsp3) is 0.176. The number of hydrogen-bond donors (Lipinski definition) is 2. The lowest BCUT2D eigenvalue weighted by Crippen LogP contribution is -2.28. The highest BCUT2D eigenvalue weighted by atomic mass is 16.5. The third-order valence-corrected chi connectivity index (χ3v) is 3.64. The average molecular weight is 282 g/mol. The molecule has 0 amide bonds. The first-order valence-corrected chi connectivity index (χ1v) is 6.82. The zero-order valence-electron chi connectivity index (χ0n) is 12.1. The van der Waals surface area contributed by atoms with Gasteiger partial charge in [0.25, 0.3) is 0 Å². The second-order valence-corrected chi connectivity index (χ2v) is 5.02. The summed E-state index contributed by atoms with van der Waals surface area (Å²) in [5, 5.41) is 1.08. The Morgan fingerprint density at radius 3 is 2.67 bits per heavy atom. The number of fused-ring (bicyclic) bond motifs is 1. The van der Waals surface area contributed by atoms with Gasteiger partial charge in [0.2, 0.25) is 0 Å². The van der Waals surface area contributed by atoms with Crippen molar-refractivity contribution in [1.29, 1.82) is 0 Å². The lowest BCUT2D eigenvalue weighted by Gasteiger charge is -2.14. The van der Waals surface area contributed by atoms with E-state index < -0.39 is 0 Å². The quantitative estimate of drug-likeness (QED) is 0.569. The smallest absolute Gasteiger partial charge is 0.137 e. The van der Waals surface area contributed by atoms with E-state index in [-0.39, 0.29) is 6.04 Å². The lowest BCUT2D eigenvalue weighted by molar-refractivity contribution is 0.412. The van der Waals surface area contributed by atoms with Gasteiger partial charge < -0.3 is 9.15 Å². The molecule has 21 heavy (non-hydrogen) atoms. The monoisotopic (exact) mass is 282 g/mol. The van der Waals surface area contributed by atoms with Crippen molar-refractivity contribution >= 4 is 11.0 Å². The van der Waals surface area contributed by atoms with Crippen molar-refractivity contribution in [1.82, 2.24) is 5.43 Å². The molecule has 0 spiro atoms. The number of hydrazine groups is 1. The molecule has 3 N–H and O–H groups in total. The molecule has 0 saturated carbocycles. The van der Waals surface area contributed by atoms with Gasteiger partial charge in [0, 0.05) is 5.39 Å². The maximum absolute atomic E-state index is 6.00. The summed E-state index contributed by atoms with van der Waals surface area (Å²) in [6.45, 7) is 2.03. The maximum atomic E-state index is 6.00. The molecule has 1 atom stereocenters. The number of ether oxygens (including phenoxy) is 1. The lowest BCUT2D eigenvalue weighted by atomic mass is 10.0. The van der Waals surface area contributed by atoms with Gasteiger partial charge in [-0.05, 0) is 36.2 Å². The molecule has 3 aromatic rings. The molecule has 4 heteroatoms. The van der Waals surface area contributed by atoms with Gasteiger partial charge in [-0.25, -0.2) is 5.43 Å². The fourth-order valence-electron chi connectivity index (χ4n) is 2.53. The van der Waals surface area contributed by atoms with Gasteiger partial charge in [-0.1, -0.05) is 30.3 Å². The van der Waals surface area contributed by atoms with Crippen molar-refractivity contribution < 1.29 is 9.15 Å². The Kier molecular flexibility index (Phi) is 3.64. The zero-order valence-corrected chi connectivity index (χ0v) is 12.1. The van der Waals surface area contributed by atoms with Crippen molar-refractivity contribution in [2.24, 2.45) is 5.84 Å². The molecule has 3 rings (SSSR count). The van der Waals surface area contributed by atoms with E-state index in [0.717, 1.165) is 33.6 Å². The Hall–Kier alpha value is -2.30. The minimum atomic E-state index is -0.216. The molecule has 1 aromatic heterocycles. The molecule has 0 bridgehead atoms. The van der Waals surface area contributed by atoms with Crippen LogP contribution in [0.5, 0.6) is 5.75 Å². The number of hydrogen-bond acceptors (Lipinski definition) is 4. The molecular weight excluding hydrogens is 264 g/mol. The van der Waals surface area contributed by atoms with Crippen LogP contribution in [0.15, 0.2) is 52.9 Å².